The summed E-state index contributed by atoms with van der Waals surface area (Å²) >= 11 is 0. The first kappa shape index (κ1) is 14.1. The van der Waals surface area contributed by atoms with Gasteiger partial charge in [-0.05, 0) is 50.4 Å². The van der Waals surface area contributed by atoms with Crippen molar-refractivity contribution in [2.24, 2.45) is 0 Å². The van der Waals surface area contributed by atoms with E-state index < -0.39 is 0 Å². The minimum Gasteiger partial charge on any atom is -0.309 e. The molecule has 0 aliphatic heterocycles. The van der Waals surface area contributed by atoms with Gasteiger partial charge in [0.2, 0.25) is 0 Å². The van der Waals surface area contributed by atoms with Crippen LogP contribution in [0.3, 0.4) is 0 Å². The zero-order valence-electron chi connectivity index (χ0n) is 12.9. The van der Waals surface area contributed by atoms with Gasteiger partial charge in [-0.2, -0.15) is 0 Å². The lowest BCUT2D eigenvalue weighted by Gasteiger charge is -2.42. The molecule has 2 aliphatic rings. The van der Waals surface area contributed by atoms with Crippen molar-refractivity contribution < 1.29 is 0 Å². The second-order valence-electron chi connectivity index (χ2n) is 6.44. The Kier molecular flexibility index (Phi) is 4.42. The third-order valence-electron chi connectivity index (χ3n) is 5.33. The van der Waals surface area contributed by atoms with Gasteiger partial charge < -0.3 is 5.32 Å². The molecule has 20 heavy (non-hydrogen) atoms. The van der Waals surface area contributed by atoms with Crippen molar-refractivity contribution in [3.8, 4) is 0 Å². The van der Waals surface area contributed by atoms with Gasteiger partial charge in [-0.3, -0.25) is 4.90 Å². The van der Waals surface area contributed by atoms with Crippen LogP contribution in [0.4, 0.5) is 0 Å². The number of nitrogens with zero attached hydrogens (tertiary/aromatic N) is 1. The van der Waals surface area contributed by atoms with E-state index >= 15 is 0 Å². The van der Waals surface area contributed by atoms with Gasteiger partial charge in [-0.25, -0.2) is 0 Å². The first-order chi connectivity index (χ1) is 9.81. The summed E-state index contributed by atoms with van der Waals surface area (Å²) < 4.78 is 0. The third kappa shape index (κ3) is 2.64. The number of rotatable bonds is 4. The van der Waals surface area contributed by atoms with Crippen molar-refractivity contribution in [3.05, 3.63) is 35.4 Å². The van der Waals surface area contributed by atoms with Crippen LogP contribution in [0.25, 0.3) is 0 Å². The lowest BCUT2D eigenvalue weighted by molar-refractivity contribution is 0.125. The van der Waals surface area contributed by atoms with Crippen molar-refractivity contribution in [3.63, 3.8) is 0 Å². The molecule has 2 nitrogen and oxygen atoms in total. The first-order valence-corrected chi connectivity index (χ1v) is 8.34. The summed E-state index contributed by atoms with van der Waals surface area (Å²) in [7, 11) is 2.36. The van der Waals surface area contributed by atoms with E-state index in [1.807, 2.05) is 0 Å². The molecule has 3 rings (SSSR count). The van der Waals surface area contributed by atoms with Crippen molar-refractivity contribution in [2.45, 2.75) is 63.6 Å². The molecule has 110 valence electrons. The van der Waals surface area contributed by atoms with Crippen LogP contribution in [-0.4, -0.2) is 30.6 Å². The largest absolute Gasteiger partial charge is 0.309 e. The van der Waals surface area contributed by atoms with E-state index in [1.165, 1.54) is 44.1 Å². The number of aryl methyl sites for hydroxylation is 1. The summed E-state index contributed by atoms with van der Waals surface area (Å²) in [5.41, 5.74) is 3.09. The maximum absolute atomic E-state index is 3.75. The average Bonchev–Trinajstić information content (AvgIpc) is 3.01. The van der Waals surface area contributed by atoms with Crippen LogP contribution in [0.1, 0.15) is 56.2 Å². The smallest absolute Gasteiger partial charge is 0.0480 e. The summed E-state index contributed by atoms with van der Waals surface area (Å²) in [5.74, 6) is 0. The molecule has 0 aromatic heterocycles. The zero-order chi connectivity index (χ0) is 13.9. The Hall–Kier alpha value is -0.860. The van der Waals surface area contributed by atoms with Gasteiger partial charge in [-0.15, -0.1) is 0 Å². The monoisotopic (exact) mass is 272 g/mol. The molecule has 0 radical (unpaired) electrons. The van der Waals surface area contributed by atoms with Gasteiger partial charge in [0.25, 0.3) is 0 Å². The van der Waals surface area contributed by atoms with Crippen LogP contribution in [-0.2, 0) is 6.42 Å². The standard InChI is InChI=1S/C18H28N2/c1-3-19-18-16-11-7-4-8-14(16)12-13-17(18)20(2)15-9-5-6-10-15/h4,7-8,11,15,17-19H,3,5-6,9-10,12-13H2,1-2H3. The van der Waals surface area contributed by atoms with Gasteiger partial charge in [0, 0.05) is 18.1 Å². The van der Waals surface area contributed by atoms with E-state index in [0.717, 1.165) is 12.6 Å². The second kappa shape index (κ2) is 6.28. The Morgan fingerprint density at radius 1 is 1.15 bits per heavy atom. The third-order valence-corrected chi connectivity index (χ3v) is 5.33. The Morgan fingerprint density at radius 3 is 2.65 bits per heavy atom. The second-order valence-corrected chi connectivity index (χ2v) is 6.44. The van der Waals surface area contributed by atoms with Crippen molar-refractivity contribution in [1.82, 2.24) is 10.2 Å². The molecule has 1 saturated carbocycles. The molecule has 0 spiro atoms. The maximum atomic E-state index is 3.75. The van der Waals surface area contributed by atoms with E-state index in [0.29, 0.717) is 12.1 Å². The lowest BCUT2D eigenvalue weighted by atomic mass is 9.82. The number of nitrogens with one attached hydrogen (secondary N) is 1. The molecule has 1 N–H and O–H groups in total. The van der Waals surface area contributed by atoms with Crippen molar-refractivity contribution in [1.29, 1.82) is 0 Å². The highest BCUT2D eigenvalue weighted by molar-refractivity contribution is 5.34. The van der Waals surface area contributed by atoms with E-state index in [2.05, 4.69) is 48.5 Å². The molecular weight excluding hydrogens is 244 g/mol. The van der Waals surface area contributed by atoms with E-state index in [-0.39, 0.29) is 0 Å². The molecule has 1 aromatic rings. The predicted molar refractivity (Wildman–Crippen MR) is 85.0 cm³/mol. The van der Waals surface area contributed by atoms with Crippen LogP contribution >= 0.6 is 0 Å². The fourth-order valence-corrected chi connectivity index (χ4v) is 4.23. The Labute approximate surface area is 123 Å². The molecule has 2 heteroatoms. The topological polar surface area (TPSA) is 15.3 Å². The quantitative estimate of drug-likeness (QED) is 0.902. The number of hydrogen-bond donors (Lipinski definition) is 1. The number of likely N-dealkylation sites (N-methyl/N-ethyl adjacent to an activating group) is 2. The molecule has 2 unspecified atom stereocenters. The van der Waals surface area contributed by atoms with Gasteiger partial charge >= 0.3 is 0 Å². The summed E-state index contributed by atoms with van der Waals surface area (Å²) in [6.45, 7) is 3.28. The fraction of sp³-hybridized carbons (Fsp3) is 0.667. The summed E-state index contributed by atoms with van der Waals surface area (Å²) in [5, 5.41) is 3.75. The molecule has 0 heterocycles. The average molecular weight is 272 g/mol. The highest BCUT2D eigenvalue weighted by atomic mass is 15.2. The number of fused-ring (bicyclic) bond motifs is 1. The minimum absolute atomic E-state index is 0.510. The molecule has 1 fully saturated rings. The first-order valence-electron chi connectivity index (χ1n) is 8.34. The van der Waals surface area contributed by atoms with Crippen LogP contribution < -0.4 is 5.32 Å². The van der Waals surface area contributed by atoms with E-state index in [9.17, 15) is 0 Å². The molecular formula is C18H28N2. The van der Waals surface area contributed by atoms with Crippen LogP contribution in [0.2, 0.25) is 0 Å². The lowest BCUT2D eigenvalue weighted by Crippen LogP contribution is -2.48. The van der Waals surface area contributed by atoms with E-state index in [1.54, 1.807) is 5.56 Å². The van der Waals surface area contributed by atoms with E-state index in [4.69, 9.17) is 0 Å². The molecule has 0 bridgehead atoms. The van der Waals surface area contributed by atoms with Crippen molar-refractivity contribution >= 4 is 0 Å². The van der Waals surface area contributed by atoms with Crippen LogP contribution in [0.5, 0.6) is 0 Å². The van der Waals surface area contributed by atoms with Gasteiger partial charge in [0.1, 0.15) is 0 Å². The Bertz CT molecular complexity index is 437. The highest BCUT2D eigenvalue weighted by Gasteiger charge is 2.34. The number of hydrogen-bond acceptors (Lipinski definition) is 2. The highest BCUT2D eigenvalue weighted by Crippen LogP contribution is 2.35. The predicted octanol–water partition coefficient (Wildman–Crippen LogP) is 3.53. The summed E-state index contributed by atoms with van der Waals surface area (Å²) in [6.07, 6.45) is 8.16. The Morgan fingerprint density at radius 2 is 1.90 bits per heavy atom. The fourth-order valence-electron chi connectivity index (χ4n) is 4.23. The normalized spacial score (nSPS) is 26.9. The Balaban J connectivity index is 1.83. The molecule has 2 atom stereocenters. The van der Waals surface area contributed by atoms with Crippen molar-refractivity contribution in [2.75, 3.05) is 13.6 Å². The van der Waals surface area contributed by atoms with Crippen LogP contribution in [0, 0.1) is 0 Å². The van der Waals surface area contributed by atoms with Gasteiger partial charge in [-0.1, -0.05) is 44.0 Å². The molecule has 0 amide bonds. The molecule has 0 saturated heterocycles. The maximum Gasteiger partial charge on any atom is 0.0480 e. The van der Waals surface area contributed by atoms with Crippen LogP contribution in [0.15, 0.2) is 24.3 Å². The number of benzene rings is 1. The zero-order valence-corrected chi connectivity index (χ0v) is 12.9. The minimum atomic E-state index is 0.510. The molecule has 2 aliphatic carbocycles. The molecule has 1 aromatic carbocycles. The summed E-state index contributed by atoms with van der Waals surface area (Å²) in [4.78, 5) is 2.69. The van der Waals surface area contributed by atoms with Gasteiger partial charge in [0.05, 0.1) is 0 Å². The van der Waals surface area contributed by atoms with Gasteiger partial charge in [0.15, 0.2) is 0 Å². The summed E-state index contributed by atoms with van der Waals surface area (Å²) in [6, 6.07) is 11.0. The SMILES string of the molecule is CCNC1c2ccccc2CCC1N(C)C1CCCC1.